The average Bonchev–Trinajstić information content (AvgIpc) is 3.18. The molecule has 1 amide bonds. The van der Waals surface area contributed by atoms with E-state index < -0.39 is 10.0 Å². The van der Waals surface area contributed by atoms with Gasteiger partial charge in [-0.2, -0.15) is 0 Å². The lowest BCUT2D eigenvalue weighted by Gasteiger charge is -2.12. The normalized spacial score (nSPS) is 11.3. The van der Waals surface area contributed by atoms with Gasteiger partial charge in [0, 0.05) is 23.2 Å². The molecule has 3 aromatic carbocycles. The fraction of sp³-hybridized carbons (Fsp3) is 0.0455. The van der Waals surface area contributed by atoms with E-state index in [1.165, 1.54) is 17.3 Å². The second-order valence-electron chi connectivity index (χ2n) is 6.36. The van der Waals surface area contributed by atoms with E-state index in [4.69, 9.17) is 4.74 Å². The highest BCUT2D eigenvalue weighted by Gasteiger charge is 2.20. The standard InChI is InChI=1S/C22H18N2O4S/c1-28-21-15-20-17(14-19(21)23-22(25)16-8-4-2-5-9-16)12-13-24(20)29(26,27)18-10-6-3-7-11-18/h2-15H,1H3,(H,23,25). The molecule has 0 fully saturated rings. The Labute approximate surface area is 168 Å². The van der Waals surface area contributed by atoms with Gasteiger partial charge in [-0.25, -0.2) is 12.4 Å². The Morgan fingerprint density at radius 1 is 0.931 bits per heavy atom. The van der Waals surface area contributed by atoms with Crippen LogP contribution in [0.4, 0.5) is 5.69 Å². The van der Waals surface area contributed by atoms with Gasteiger partial charge in [0.25, 0.3) is 15.9 Å². The Bertz CT molecular complexity index is 1280. The Morgan fingerprint density at radius 2 is 1.59 bits per heavy atom. The van der Waals surface area contributed by atoms with E-state index in [9.17, 15) is 13.2 Å². The van der Waals surface area contributed by atoms with Crippen LogP contribution in [0.3, 0.4) is 0 Å². The number of hydrogen-bond acceptors (Lipinski definition) is 4. The number of anilines is 1. The Hall–Kier alpha value is -3.58. The maximum atomic E-state index is 13.0. The number of carbonyl (C=O) groups is 1. The van der Waals surface area contributed by atoms with Crippen LogP contribution >= 0.6 is 0 Å². The van der Waals surface area contributed by atoms with E-state index in [0.29, 0.717) is 27.9 Å². The number of hydrogen-bond donors (Lipinski definition) is 1. The molecule has 6 nitrogen and oxygen atoms in total. The first-order valence-corrected chi connectivity index (χ1v) is 10.3. The SMILES string of the molecule is COc1cc2c(ccn2S(=O)(=O)c2ccccc2)cc1NC(=O)c1ccccc1. The summed E-state index contributed by atoms with van der Waals surface area (Å²) in [6, 6.07) is 22.0. The molecule has 0 aliphatic heterocycles. The molecule has 4 aromatic rings. The summed E-state index contributed by atoms with van der Waals surface area (Å²) in [4.78, 5) is 12.7. The summed E-state index contributed by atoms with van der Waals surface area (Å²) in [5.41, 5.74) is 1.44. The molecule has 4 rings (SSSR count). The van der Waals surface area contributed by atoms with Gasteiger partial charge in [-0.15, -0.1) is 0 Å². The molecule has 0 bridgehead atoms. The van der Waals surface area contributed by atoms with Crippen LogP contribution < -0.4 is 10.1 Å². The van der Waals surface area contributed by atoms with Crippen molar-refractivity contribution in [1.29, 1.82) is 0 Å². The monoisotopic (exact) mass is 406 g/mol. The number of ether oxygens (including phenoxy) is 1. The Morgan fingerprint density at radius 3 is 2.24 bits per heavy atom. The minimum Gasteiger partial charge on any atom is -0.494 e. The topological polar surface area (TPSA) is 77.4 Å². The lowest BCUT2D eigenvalue weighted by atomic mass is 10.2. The van der Waals surface area contributed by atoms with Crippen molar-refractivity contribution >= 4 is 32.5 Å². The van der Waals surface area contributed by atoms with Gasteiger partial charge in [0.05, 0.1) is 23.2 Å². The number of benzene rings is 3. The minimum atomic E-state index is -3.75. The predicted molar refractivity (Wildman–Crippen MR) is 112 cm³/mol. The van der Waals surface area contributed by atoms with Gasteiger partial charge in [-0.05, 0) is 36.4 Å². The van der Waals surface area contributed by atoms with Crippen molar-refractivity contribution in [2.45, 2.75) is 4.90 Å². The molecule has 0 aliphatic carbocycles. The highest BCUT2D eigenvalue weighted by atomic mass is 32.2. The van der Waals surface area contributed by atoms with Gasteiger partial charge in [-0.1, -0.05) is 36.4 Å². The zero-order valence-corrected chi connectivity index (χ0v) is 16.4. The van der Waals surface area contributed by atoms with Gasteiger partial charge in [-0.3, -0.25) is 4.79 Å². The summed E-state index contributed by atoms with van der Waals surface area (Å²) < 4.78 is 32.6. The van der Waals surface area contributed by atoms with Crippen molar-refractivity contribution in [2.75, 3.05) is 12.4 Å². The molecule has 0 aliphatic rings. The molecule has 146 valence electrons. The number of fused-ring (bicyclic) bond motifs is 1. The average molecular weight is 406 g/mol. The highest BCUT2D eigenvalue weighted by molar-refractivity contribution is 7.90. The third-order valence-electron chi connectivity index (χ3n) is 4.56. The van der Waals surface area contributed by atoms with E-state index in [0.717, 1.165) is 0 Å². The van der Waals surface area contributed by atoms with Crippen molar-refractivity contribution in [1.82, 2.24) is 3.97 Å². The molecule has 7 heteroatoms. The van der Waals surface area contributed by atoms with E-state index in [-0.39, 0.29) is 10.8 Å². The number of carbonyl (C=O) groups excluding carboxylic acids is 1. The van der Waals surface area contributed by atoms with Crippen LogP contribution in [0.5, 0.6) is 5.75 Å². The molecule has 0 saturated heterocycles. The van der Waals surface area contributed by atoms with Crippen molar-refractivity contribution in [3.63, 3.8) is 0 Å². The van der Waals surface area contributed by atoms with Gasteiger partial charge in [0.1, 0.15) is 5.75 Å². The maximum absolute atomic E-state index is 13.0. The Balaban J connectivity index is 1.76. The summed E-state index contributed by atoms with van der Waals surface area (Å²) in [5, 5.41) is 3.49. The number of nitrogens with zero attached hydrogens (tertiary/aromatic N) is 1. The zero-order chi connectivity index (χ0) is 20.4. The smallest absolute Gasteiger partial charge is 0.268 e. The molecule has 1 aromatic heterocycles. The van der Waals surface area contributed by atoms with Crippen LogP contribution in [0.15, 0.2) is 90.0 Å². The summed E-state index contributed by atoms with van der Waals surface area (Å²) >= 11 is 0. The molecular formula is C22H18N2O4S. The van der Waals surface area contributed by atoms with E-state index in [1.54, 1.807) is 72.8 Å². The molecule has 0 saturated carbocycles. The summed E-state index contributed by atoms with van der Waals surface area (Å²) in [6.45, 7) is 0. The van der Waals surface area contributed by atoms with E-state index in [1.807, 2.05) is 6.07 Å². The third kappa shape index (κ3) is 3.48. The van der Waals surface area contributed by atoms with Crippen LogP contribution in [-0.2, 0) is 10.0 Å². The van der Waals surface area contributed by atoms with Crippen LogP contribution in [-0.4, -0.2) is 25.4 Å². The van der Waals surface area contributed by atoms with Gasteiger partial charge in [0.15, 0.2) is 0 Å². The molecule has 0 atom stereocenters. The largest absolute Gasteiger partial charge is 0.494 e. The first-order valence-electron chi connectivity index (χ1n) is 8.87. The van der Waals surface area contributed by atoms with Crippen LogP contribution in [0.25, 0.3) is 10.9 Å². The molecule has 0 unspecified atom stereocenters. The van der Waals surface area contributed by atoms with Crippen molar-refractivity contribution < 1.29 is 17.9 Å². The lowest BCUT2D eigenvalue weighted by Crippen LogP contribution is -2.13. The molecular weight excluding hydrogens is 388 g/mol. The maximum Gasteiger partial charge on any atom is 0.268 e. The fourth-order valence-corrected chi connectivity index (χ4v) is 4.47. The number of amides is 1. The van der Waals surface area contributed by atoms with Crippen molar-refractivity contribution in [2.24, 2.45) is 0 Å². The molecule has 29 heavy (non-hydrogen) atoms. The summed E-state index contributed by atoms with van der Waals surface area (Å²) in [7, 11) is -2.28. The number of methoxy groups -OCH3 is 1. The number of nitrogens with one attached hydrogen (secondary N) is 1. The summed E-state index contributed by atoms with van der Waals surface area (Å²) in [5.74, 6) is 0.0876. The van der Waals surface area contributed by atoms with E-state index >= 15 is 0 Å². The highest BCUT2D eigenvalue weighted by Crippen LogP contribution is 2.33. The van der Waals surface area contributed by atoms with Gasteiger partial charge < -0.3 is 10.1 Å². The summed E-state index contributed by atoms with van der Waals surface area (Å²) in [6.07, 6.45) is 1.50. The van der Waals surface area contributed by atoms with Crippen LogP contribution in [0.2, 0.25) is 0 Å². The van der Waals surface area contributed by atoms with Gasteiger partial charge in [0.2, 0.25) is 0 Å². The van der Waals surface area contributed by atoms with Gasteiger partial charge >= 0.3 is 0 Å². The zero-order valence-electron chi connectivity index (χ0n) is 15.6. The quantitative estimate of drug-likeness (QED) is 0.540. The van der Waals surface area contributed by atoms with Crippen molar-refractivity contribution in [3.8, 4) is 5.75 Å². The van der Waals surface area contributed by atoms with E-state index in [2.05, 4.69) is 5.32 Å². The lowest BCUT2D eigenvalue weighted by molar-refractivity contribution is 0.102. The van der Waals surface area contributed by atoms with Crippen LogP contribution in [0.1, 0.15) is 10.4 Å². The third-order valence-corrected chi connectivity index (χ3v) is 6.26. The molecule has 1 N–H and O–H groups in total. The first kappa shape index (κ1) is 18.8. The predicted octanol–water partition coefficient (Wildman–Crippen LogP) is 4.14. The van der Waals surface area contributed by atoms with Crippen molar-refractivity contribution in [3.05, 3.63) is 90.6 Å². The fourth-order valence-electron chi connectivity index (χ4n) is 3.10. The number of aromatic nitrogens is 1. The minimum absolute atomic E-state index is 0.193. The van der Waals surface area contributed by atoms with Crippen LogP contribution in [0, 0.1) is 0 Å². The first-order chi connectivity index (χ1) is 14.0. The second-order valence-corrected chi connectivity index (χ2v) is 8.18. The molecule has 1 heterocycles. The molecule has 0 spiro atoms. The number of rotatable bonds is 5. The second kappa shape index (κ2) is 7.44. The Kier molecular flexibility index (Phi) is 4.82. The molecule has 0 radical (unpaired) electrons.